The molecule has 1 saturated heterocycles. The maximum atomic E-state index is 5.81. The van der Waals surface area contributed by atoms with Crippen molar-refractivity contribution in [3.05, 3.63) is 6.07 Å². The Morgan fingerprint density at radius 2 is 2.42 bits per heavy atom. The van der Waals surface area contributed by atoms with Gasteiger partial charge in [-0.25, -0.2) is 9.97 Å². The number of rotatable bonds is 7. The summed E-state index contributed by atoms with van der Waals surface area (Å²) in [6.45, 7) is 3.83. The predicted molar refractivity (Wildman–Crippen MR) is 79.5 cm³/mol. The van der Waals surface area contributed by atoms with Crippen LogP contribution in [0.3, 0.4) is 0 Å². The van der Waals surface area contributed by atoms with Gasteiger partial charge in [0.1, 0.15) is 11.6 Å². The van der Waals surface area contributed by atoms with Gasteiger partial charge in [-0.3, -0.25) is 0 Å². The van der Waals surface area contributed by atoms with E-state index in [1.165, 1.54) is 12.8 Å². The summed E-state index contributed by atoms with van der Waals surface area (Å²) in [5.41, 5.74) is 5.81. The molecular weight excluding hydrogens is 260 g/mol. The van der Waals surface area contributed by atoms with E-state index in [4.69, 9.17) is 10.5 Å². The fourth-order valence-electron chi connectivity index (χ4n) is 1.93. The maximum absolute atomic E-state index is 5.81. The van der Waals surface area contributed by atoms with Crippen molar-refractivity contribution in [2.24, 2.45) is 0 Å². The molecule has 3 N–H and O–H groups in total. The predicted octanol–water partition coefficient (Wildman–Crippen LogP) is 2.54. The van der Waals surface area contributed by atoms with Crippen LogP contribution in [0, 0.1) is 0 Å². The Kier molecular flexibility index (Phi) is 5.72. The third-order valence-corrected chi connectivity index (χ3v) is 3.92. The molecule has 19 heavy (non-hydrogen) atoms. The molecule has 0 bridgehead atoms. The first-order valence-electron chi connectivity index (χ1n) is 6.90. The summed E-state index contributed by atoms with van der Waals surface area (Å²) < 4.78 is 5.57. The molecule has 6 heteroatoms. The summed E-state index contributed by atoms with van der Waals surface area (Å²) in [5.74, 6) is 2.34. The van der Waals surface area contributed by atoms with Crippen LogP contribution in [-0.4, -0.2) is 35.0 Å². The van der Waals surface area contributed by atoms with Crippen LogP contribution in [0.4, 0.5) is 11.6 Å². The molecule has 0 amide bonds. The van der Waals surface area contributed by atoms with Gasteiger partial charge in [-0.15, -0.1) is 0 Å². The van der Waals surface area contributed by atoms with Crippen molar-refractivity contribution in [1.82, 2.24) is 9.97 Å². The van der Waals surface area contributed by atoms with Gasteiger partial charge in [0.2, 0.25) is 0 Å². The van der Waals surface area contributed by atoms with Gasteiger partial charge in [0.15, 0.2) is 5.16 Å². The Labute approximate surface area is 118 Å². The Hall–Kier alpha value is -1.01. The van der Waals surface area contributed by atoms with E-state index in [1.807, 2.05) is 0 Å². The van der Waals surface area contributed by atoms with Gasteiger partial charge in [0.05, 0.1) is 6.10 Å². The van der Waals surface area contributed by atoms with Crippen molar-refractivity contribution in [2.75, 3.05) is 30.0 Å². The molecule has 0 aromatic carbocycles. The highest BCUT2D eigenvalue weighted by Crippen LogP contribution is 2.19. The third kappa shape index (κ3) is 4.87. The Balaban J connectivity index is 1.87. The zero-order chi connectivity index (χ0) is 13.5. The van der Waals surface area contributed by atoms with Crippen molar-refractivity contribution in [1.29, 1.82) is 0 Å². The Bertz CT molecular complexity index is 396. The summed E-state index contributed by atoms with van der Waals surface area (Å²) in [6, 6.07) is 1.78. The number of thioether (sulfide) groups is 1. The molecule has 1 aliphatic rings. The molecule has 106 valence electrons. The Morgan fingerprint density at radius 3 is 3.16 bits per heavy atom. The van der Waals surface area contributed by atoms with Gasteiger partial charge in [0, 0.05) is 25.0 Å². The monoisotopic (exact) mass is 282 g/mol. The average Bonchev–Trinajstić information content (AvgIpc) is 2.89. The lowest BCUT2D eigenvalue weighted by Gasteiger charge is -2.12. The van der Waals surface area contributed by atoms with Crippen molar-refractivity contribution in [3.63, 3.8) is 0 Å². The normalized spacial score (nSPS) is 18.7. The molecule has 1 aliphatic heterocycles. The quantitative estimate of drug-likeness (QED) is 0.455. The highest BCUT2D eigenvalue weighted by molar-refractivity contribution is 7.99. The van der Waals surface area contributed by atoms with E-state index in [9.17, 15) is 0 Å². The van der Waals surface area contributed by atoms with E-state index in [2.05, 4.69) is 22.2 Å². The number of ether oxygens (including phenoxy) is 1. The molecule has 0 radical (unpaired) electrons. The molecule has 0 aliphatic carbocycles. The number of nitrogens with one attached hydrogen (secondary N) is 1. The number of anilines is 2. The molecule has 1 fully saturated rings. The minimum Gasteiger partial charge on any atom is -0.383 e. The topological polar surface area (TPSA) is 73.1 Å². The van der Waals surface area contributed by atoms with Crippen LogP contribution in [-0.2, 0) is 4.74 Å². The number of nitrogens with zero attached hydrogens (tertiary/aromatic N) is 2. The molecule has 0 unspecified atom stereocenters. The summed E-state index contributed by atoms with van der Waals surface area (Å²) in [7, 11) is 0. The summed E-state index contributed by atoms with van der Waals surface area (Å²) >= 11 is 1.66. The second-order valence-corrected chi connectivity index (χ2v) is 5.74. The van der Waals surface area contributed by atoms with Gasteiger partial charge in [-0.1, -0.05) is 25.1 Å². The SMILES string of the molecule is CCCCSc1nc(N)cc(NC[C@H]2CCCO2)n1. The summed E-state index contributed by atoms with van der Waals surface area (Å²) in [4.78, 5) is 8.72. The van der Waals surface area contributed by atoms with Gasteiger partial charge < -0.3 is 15.8 Å². The first-order chi connectivity index (χ1) is 9.28. The first kappa shape index (κ1) is 14.4. The Morgan fingerprint density at radius 1 is 1.53 bits per heavy atom. The number of hydrogen-bond donors (Lipinski definition) is 2. The lowest BCUT2D eigenvalue weighted by atomic mass is 10.2. The molecule has 2 heterocycles. The van der Waals surface area contributed by atoms with E-state index >= 15 is 0 Å². The lowest BCUT2D eigenvalue weighted by molar-refractivity contribution is 0.120. The second-order valence-electron chi connectivity index (χ2n) is 4.68. The molecule has 1 aromatic heterocycles. The summed E-state index contributed by atoms with van der Waals surface area (Å²) in [5, 5.41) is 4.04. The number of nitrogen functional groups attached to an aromatic ring is 1. The lowest BCUT2D eigenvalue weighted by Crippen LogP contribution is -2.19. The van der Waals surface area contributed by atoms with Gasteiger partial charge in [0.25, 0.3) is 0 Å². The zero-order valence-corrected chi connectivity index (χ0v) is 12.2. The van der Waals surface area contributed by atoms with Crippen molar-refractivity contribution in [2.45, 2.75) is 43.9 Å². The molecule has 0 saturated carbocycles. The third-order valence-electron chi connectivity index (χ3n) is 2.99. The highest BCUT2D eigenvalue weighted by Gasteiger charge is 2.15. The van der Waals surface area contributed by atoms with E-state index in [0.29, 0.717) is 11.9 Å². The molecule has 2 rings (SSSR count). The molecule has 1 atom stereocenters. The number of hydrogen-bond acceptors (Lipinski definition) is 6. The van der Waals surface area contributed by atoms with Crippen LogP contribution < -0.4 is 11.1 Å². The van der Waals surface area contributed by atoms with Crippen molar-refractivity contribution < 1.29 is 4.74 Å². The smallest absolute Gasteiger partial charge is 0.191 e. The number of aromatic nitrogens is 2. The summed E-state index contributed by atoms with van der Waals surface area (Å²) in [6.07, 6.45) is 4.91. The molecular formula is C13H22N4OS. The average molecular weight is 282 g/mol. The van der Waals surface area contributed by atoms with E-state index in [0.717, 1.165) is 42.7 Å². The highest BCUT2D eigenvalue weighted by atomic mass is 32.2. The zero-order valence-electron chi connectivity index (χ0n) is 11.4. The maximum Gasteiger partial charge on any atom is 0.191 e. The fourth-order valence-corrected chi connectivity index (χ4v) is 2.88. The van der Waals surface area contributed by atoms with E-state index < -0.39 is 0 Å². The van der Waals surface area contributed by atoms with Gasteiger partial charge in [-0.05, 0) is 19.3 Å². The van der Waals surface area contributed by atoms with E-state index in [1.54, 1.807) is 17.8 Å². The minimum atomic E-state index is 0.299. The molecule has 5 nitrogen and oxygen atoms in total. The van der Waals surface area contributed by atoms with Crippen molar-refractivity contribution in [3.8, 4) is 0 Å². The first-order valence-corrected chi connectivity index (χ1v) is 7.89. The van der Waals surface area contributed by atoms with E-state index in [-0.39, 0.29) is 0 Å². The molecule has 0 spiro atoms. The van der Waals surface area contributed by atoms with Crippen LogP contribution in [0.5, 0.6) is 0 Å². The van der Waals surface area contributed by atoms with Gasteiger partial charge >= 0.3 is 0 Å². The fraction of sp³-hybridized carbons (Fsp3) is 0.692. The van der Waals surface area contributed by atoms with Crippen LogP contribution in [0.1, 0.15) is 32.6 Å². The van der Waals surface area contributed by atoms with Crippen molar-refractivity contribution >= 4 is 23.4 Å². The standard InChI is InChI=1S/C13H22N4OS/c1-2-3-7-19-13-16-11(14)8-12(17-13)15-9-10-5-4-6-18-10/h8,10H,2-7,9H2,1H3,(H3,14,15,16,17)/t10-/m1/s1. The van der Waals surface area contributed by atoms with Gasteiger partial charge in [-0.2, -0.15) is 0 Å². The minimum absolute atomic E-state index is 0.299. The van der Waals surface area contributed by atoms with Crippen LogP contribution in [0.25, 0.3) is 0 Å². The number of nitrogens with two attached hydrogens (primary N) is 1. The van der Waals surface area contributed by atoms with Crippen LogP contribution >= 0.6 is 11.8 Å². The molecule has 1 aromatic rings. The largest absolute Gasteiger partial charge is 0.383 e. The second kappa shape index (κ2) is 7.55. The number of unbranched alkanes of at least 4 members (excludes halogenated alkanes) is 1. The van der Waals surface area contributed by atoms with Crippen LogP contribution in [0.2, 0.25) is 0 Å². The van der Waals surface area contributed by atoms with Crippen LogP contribution in [0.15, 0.2) is 11.2 Å².